The molecule has 1 aliphatic carbocycles. The van der Waals surface area contributed by atoms with Crippen molar-refractivity contribution in [3.63, 3.8) is 0 Å². The minimum atomic E-state index is -0.594. The zero-order valence-corrected chi connectivity index (χ0v) is 13.1. The molecule has 0 bridgehead atoms. The Hall–Kier alpha value is -0.240. The van der Waals surface area contributed by atoms with Gasteiger partial charge in [0, 0.05) is 6.42 Å². The lowest BCUT2D eigenvalue weighted by Crippen LogP contribution is -2.45. The van der Waals surface area contributed by atoms with E-state index in [1.807, 2.05) is 18.2 Å². The third kappa shape index (κ3) is 3.45. The van der Waals surface area contributed by atoms with Gasteiger partial charge in [0.2, 0.25) is 0 Å². The lowest BCUT2D eigenvalue weighted by atomic mass is 9.68. The van der Waals surface area contributed by atoms with Crippen LogP contribution < -0.4 is 0 Å². The fraction of sp³-hybridized carbons (Fsp3) is 0.625. The molecule has 0 saturated heterocycles. The van der Waals surface area contributed by atoms with Gasteiger partial charge in [-0.1, -0.05) is 56.0 Å². The lowest BCUT2D eigenvalue weighted by Gasteiger charge is -2.42. The van der Waals surface area contributed by atoms with Crippen LogP contribution in [0, 0.1) is 11.8 Å². The lowest BCUT2D eigenvalue weighted by molar-refractivity contribution is -0.0652. The molecule has 0 amide bonds. The Bertz CT molecular complexity index is 444. The highest BCUT2D eigenvalue weighted by Crippen LogP contribution is 2.41. The fourth-order valence-corrected chi connectivity index (χ4v) is 3.75. The van der Waals surface area contributed by atoms with Crippen molar-refractivity contribution in [2.24, 2.45) is 11.8 Å². The number of hydrogen-bond donors (Lipinski definition) is 1. The molecule has 0 radical (unpaired) electrons. The van der Waals surface area contributed by atoms with Gasteiger partial charge in [-0.2, -0.15) is 0 Å². The maximum Gasteiger partial charge on any atom is 0.0718 e. The predicted octanol–water partition coefficient (Wildman–Crippen LogP) is 5.11. The molecule has 0 heterocycles. The van der Waals surface area contributed by atoms with E-state index in [2.05, 4.69) is 13.8 Å². The van der Waals surface area contributed by atoms with Gasteiger partial charge >= 0.3 is 0 Å². The van der Waals surface area contributed by atoms with Gasteiger partial charge in [0.1, 0.15) is 0 Å². The van der Waals surface area contributed by atoms with E-state index >= 15 is 0 Å². The topological polar surface area (TPSA) is 20.2 Å². The Balaban J connectivity index is 2.20. The maximum atomic E-state index is 11.0. The summed E-state index contributed by atoms with van der Waals surface area (Å²) in [4.78, 5) is 0. The van der Waals surface area contributed by atoms with Gasteiger partial charge in [-0.15, -0.1) is 0 Å². The molecule has 2 rings (SSSR count). The highest BCUT2D eigenvalue weighted by Gasteiger charge is 2.40. The van der Waals surface area contributed by atoms with E-state index in [-0.39, 0.29) is 0 Å². The highest BCUT2D eigenvalue weighted by atomic mass is 35.5. The van der Waals surface area contributed by atoms with Crippen LogP contribution in [0.1, 0.15) is 45.1 Å². The van der Waals surface area contributed by atoms with Gasteiger partial charge in [-0.05, 0) is 42.4 Å². The molecule has 3 heteroatoms. The van der Waals surface area contributed by atoms with Crippen LogP contribution >= 0.6 is 23.2 Å². The second kappa shape index (κ2) is 6.03. The molecule has 1 aliphatic rings. The maximum absolute atomic E-state index is 11.0. The van der Waals surface area contributed by atoms with Crippen LogP contribution in [0.15, 0.2) is 18.2 Å². The van der Waals surface area contributed by atoms with E-state index in [1.165, 1.54) is 6.42 Å². The summed E-state index contributed by atoms with van der Waals surface area (Å²) < 4.78 is 0. The van der Waals surface area contributed by atoms with Crippen molar-refractivity contribution >= 4 is 23.2 Å². The van der Waals surface area contributed by atoms with Gasteiger partial charge in [0.05, 0.1) is 15.6 Å². The molecule has 1 nitrogen and oxygen atoms in total. The average Bonchev–Trinajstić information content (AvgIpc) is 2.33. The Kier molecular flexibility index (Phi) is 4.81. The third-order valence-electron chi connectivity index (χ3n) is 4.36. The first-order valence-electron chi connectivity index (χ1n) is 7.09. The molecule has 0 aromatic heterocycles. The van der Waals surface area contributed by atoms with Crippen molar-refractivity contribution in [3.8, 4) is 0 Å². The number of rotatable bonds is 3. The van der Waals surface area contributed by atoms with Crippen LogP contribution in [-0.2, 0) is 6.42 Å². The van der Waals surface area contributed by atoms with E-state index in [9.17, 15) is 5.11 Å². The summed E-state index contributed by atoms with van der Waals surface area (Å²) in [6.07, 6.45) is 5.02. The first kappa shape index (κ1) is 15.2. The summed E-state index contributed by atoms with van der Waals surface area (Å²) in [7, 11) is 0. The van der Waals surface area contributed by atoms with Crippen LogP contribution in [0.5, 0.6) is 0 Å². The Morgan fingerprint density at radius 1 is 1.26 bits per heavy atom. The number of hydrogen-bond acceptors (Lipinski definition) is 1. The predicted molar refractivity (Wildman–Crippen MR) is 81.9 cm³/mol. The van der Waals surface area contributed by atoms with E-state index in [4.69, 9.17) is 23.2 Å². The van der Waals surface area contributed by atoms with Crippen LogP contribution in [0.25, 0.3) is 0 Å². The summed E-state index contributed by atoms with van der Waals surface area (Å²) in [5.41, 5.74) is 0.480. The molecule has 2 atom stereocenters. The third-order valence-corrected chi connectivity index (χ3v) is 5.10. The van der Waals surface area contributed by atoms with Crippen molar-refractivity contribution < 1.29 is 5.11 Å². The number of halogens is 2. The van der Waals surface area contributed by atoms with Gasteiger partial charge in [-0.3, -0.25) is 0 Å². The van der Waals surface area contributed by atoms with E-state index in [0.717, 1.165) is 24.8 Å². The molecular weight excluding hydrogens is 279 g/mol. The molecule has 1 saturated carbocycles. The minimum Gasteiger partial charge on any atom is -0.389 e. The van der Waals surface area contributed by atoms with Crippen LogP contribution in [-0.4, -0.2) is 10.7 Å². The Morgan fingerprint density at radius 2 is 2.00 bits per heavy atom. The second-order valence-corrected chi connectivity index (χ2v) is 6.94. The van der Waals surface area contributed by atoms with E-state index in [1.54, 1.807) is 0 Å². The molecule has 2 unspecified atom stereocenters. The summed E-state index contributed by atoms with van der Waals surface area (Å²) >= 11 is 12.0. The highest BCUT2D eigenvalue weighted by molar-refractivity contribution is 6.42. The van der Waals surface area contributed by atoms with Crippen molar-refractivity contribution in [2.45, 2.75) is 51.6 Å². The summed E-state index contributed by atoms with van der Waals surface area (Å²) in [6.45, 7) is 4.41. The first-order chi connectivity index (χ1) is 8.92. The van der Waals surface area contributed by atoms with Gasteiger partial charge < -0.3 is 5.11 Å². The zero-order chi connectivity index (χ0) is 14.0. The summed E-state index contributed by atoms with van der Waals surface area (Å²) in [5.74, 6) is 0.878. The standard InChI is InChI=1S/C16H22Cl2O/c1-11(2)13-5-3-4-8-16(13,19)10-12-6-7-14(17)15(18)9-12/h6-7,9,11,13,19H,3-5,8,10H2,1-2H3. The quantitative estimate of drug-likeness (QED) is 0.822. The molecule has 106 valence electrons. The second-order valence-electron chi connectivity index (χ2n) is 6.13. The van der Waals surface area contributed by atoms with Crippen LogP contribution in [0.3, 0.4) is 0 Å². The molecule has 1 N–H and O–H groups in total. The first-order valence-corrected chi connectivity index (χ1v) is 7.84. The number of benzene rings is 1. The summed E-state index contributed by atoms with van der Waals surface area (Å²) in [6, 6.07) is 5.67. The molecule has 0 spiro atoms. The monoisotopic (exact) mass is 300 g/mol. The van der Waals surface area contributed by atoms with Crippen molar-refractivity contribution in [2.75, 3.05) is 0 Å². The summed E-state index contributed by atoms with van der Waals surface area (Å²) in [5, 5.41) is 12.2. The zero-order valence-electron chi connectivity index (χ0n) is 11.6. The van der Waals surface area contributed by atoms with Crippen molar-refractivity contribution in [3.05, 3.63) is 33.8 Å². The Labute approximate surface area is 125 Å². The molecule has 0 aliphatic heterocycles. The SMILES string of the molecule is CC(C)C1CCCCC1(O)Cc1ccc(Cl)c(Cl)c1. The Morgan fingerprint density at radius 3 is 2.63 bits per heavy atom. The van der Waals surface area contributed by atoms with Gasteiger partial charge in [-0.25, -0.2) is 0 Å². The van der Waals surface area contributed by atoms with Gasteiger partial charge in [0.25, 0.3) is 0 Å². The van der Waals surface area contributed by atoms with Crippen molar-refractivity contribution in [1.82, 2.24) is 0 Å². The van der Waals surface area contributed by atoms with E-state index < -0.39 is 5.60 Å². The largest absolute Gasteiger partial charge is 0.389 e. The molecule has 1 fully saturated rings. The average molecular weight is 301 g/mol. The fourth-order valence-electron chi connectivity index (χ4n) is 3.43. The molecule has 1 aromatic rings. The van der Waals surface area contributed by atoms with Crippen LogP contribution in [0.4, 0.5) is 0 Å². The van der Waals surface area contributed by atoms with E-state index in [0.29, 0.717) is 28.3 Å². The van der Waals surface area contributed by atoms with Gasteiger partial charge in [0.15, 0.2) is 0 Å². The molecular formula is C16H22Cl2O. The molecule has 19 heavy (non-hydrogen) atoms. The number of aliphatic hydroxyl groups is 1. The van der Waals surface area contributed by atoms with Crippen molar-refractivity contribution in [1.29, 1.82) is 0 Å². The molecule has 1 aromatic carbocycles. The minimum absolute atomic E-state index is 0.371. The smallest absolute Gasteiger partial charge is 0.0718 e. The normalized spacial score (nSPS) is 27.8. The van der Waals surface area contributed by atoms with Crippen LogP contribution in [0.2, 0.25) is 10.0 Å².